The fourth-order valence-electron chi connectivity index (χ4n) is 3.24. The summed E-state index contributed by atoms with van der Waals surface area (Å²) in [6.07, 6.45) is 0. The van der Waals surface area contributed by atoms with Crippen molar-refractivity contribution in [3.8, 4) is 5.75 Å². The number of nitrogens with zero attached hydrogens (tertiary/aromatic N) is 2. The molecule has 0 amide bonds. The molecule has 6 nitrogen and oxygen atoms in total. The molecule has 0 saturated carbocycles. The number of phenolic OH excluding ortho intramolecular Hbond substituents is 1. The van der Waals surface area contributed by atoms with Gasteiger partial charge in [-0.3, -0.25) is 15.0 Å². The molecule has 0 unspecified atom stereocenters. The Bertz CT molecular complexity index is 570. The standard InChI is InChI=1S/C16H25N3O3.2ClH/c1-11-5-6-12(19(21)22)13(14(11)20)15(16(2,3)4)18-9-7-17-8-10-18;;/h5-6,15,17,20H,7-10H2,1-4H3;2*1H/t15-;;/m0../s1. The van der Waals surface area contributed by atoms with Crippen molar-refractivity contribution in [2.45, 2.75) is 33.7 Å². The first-order chi connectivity index (χ1) is 10.2. The van der Waals surface area contributed by atoms with E-state index in [1.165, 1.54) is 6.07 Å². The first kappa shape index (κ1) is 22.9. The molecule has 1 aliphatic rings. The molecule has 0 aromatic heterocycles. The molecule has 0 spiro atoms. The van der Waals surface area contributed by atoms with E-state index in [9.17, 15) is 15.2 Å². The molecule has 2 rings (SSSR count). The molecule has 1 atom stereocenters. The Hall–Kier alpha value is -1.08. The maximum atomic E-state index is 11.5. The number of nitrogens with one attached hydrogen (secondary N) is 1. The summed E-state index contributed by atoms with van der Waals surface area (Å²) in [5, 5.41) is 25.3. The molecule has 8 heteroatoms. The number of aromatic hydroxyl groups is 1. The Kier molecular flexibility index (Phi) is 8.45. The van der Waals surface area contributed by atoms with E-state index >= 15 is 0 Å². The molecule has 24 heavy (non-hydrogen) atoms. The Morgan fingerprint density at radius 3 is 2.25 bits per heavy atom. The number of nitro groups is 1. The quantitative estimate of drug-likeness (QED) is 0.620. The fraction of sp³-hybridized carbons (Fsp3) is 0.625. The number of hydrogen-bond donors (Lipinski definition) is 2. The topological polar surface area (TPSA) is 78.6 Å². The SMILES string of the molecule is Cc1ccc([N+](=O)[O-])c([C@H](N2CCNCC2)C(C)(C)C)c1O.Cl.Cl. The third-order valence-electron chi connectivity index (χ3n) is 4.20. The van der Waals surface area contributed by atoms with Crippen molar-refractivity contribution in [1.29, 1.82) is 0 Å². The smallest absolute Gasteiger partial charge is 0.277 e. The minimum atomic E-state index is -0.393. The second-order valence-corrected chi connectivity index (χ2v) is 6.98. The van der Waals surface area contributed by atoms with Gasteiger partial charge in [0.15, 0.2) is 0 Å². The summed E-state index contributed by atoms with van der Waals surface area (Å²) in [7, 11) is 0. The minimum Gasteiger partial charge on any atom is -0.507 e. The lowest BCUT2D eigenvalue weighted by Crippen LogP contribution is -2.48. The number of piperazine rings is 1. The van der Waals surface area contributed by atoms with E-state index in [1.54, 1.807) is 13.0 Å². The Balaban J connectivity index is 0.00000264. The molecule has 1 fully saturated rings. The molecule has 0 aliphatic carbocycles. The van der Waals surface area contributed by atoms with Gasteiger partial charge in [-0.2, -0.15) is 0 Å². The average Bonchev–Trinajstić information content (AvgIpc) is 2.43. The predicted molar refractivity (Wildman–Crippen MR) is 101 cm³/mol. The van der Waals surface area contributed by atoms with Crippen LogP contribution < -0.4 is 5.32 Å². The van der Waals surface area contributed by atoms with Crippen LogP contribution in [0.25, 0.3) is 0 Å². The summed E-state index contributed by atoms with van der Waals surface area (Å²) in [5.41, 5.74) is 0.888. The van der Waals surface area contributed by atoms with E-state index < -0.39 is 4.92 Å². The molecule has 1 aromatic rings. The highest BCUT2D eigenvalue weighted by Gasteiger charge is 2.39. The lowest BCUT2D eigenvalue weighted by molar-refractivity contribution is -0.386. The van der Waals surface area contributed by atoms with Crippen molar-refractivity contribution in [1.82, 2.24) is 10.2 Å². The van der Waals surface area contributed by atoms with E-state index in [0.717, 1.165) is 26.2 Å². The third-order valence-corrected chi connectivity index (χ3v) is 4.20. The van der Waals surface area contributed by atoms with Crippen molar-refractivity contribution in [2.75, 3.05) is 26.2 Å². The monoisotopic (exact) mass is 379 g/mol. The van der Waals surface area contributed by atoms with Gasteiger partial charge in [0.05, 0.1) is 16.5 Å². The van der Waals surface area contributed by atoms with Crippen LogP contribution in [-0.4, -0.2) is 41.1 Å². The predicted octanol–water partition coefficient (Wildman–Crippen LogP) is 3.44. The number of aryl methyl sites for hydroxylation is 1. The second-order valence-electron chi connectivity index (χ2n) is 6.98. The van der Waals surface area contributed by atoms with Crippen molar-refractivity contribution in [3.05, 3.63) is 33.4 Å². The number of benzene rings is 1. The average molecular weight is 380 g/mol. The maximum Gasteiger partial charge on any atom is 0.277 e. The summed E-state index contributed by atoms with van der Waals surface area (Å²) < 4.78 is 0. The number of halogens is 2. The van der Waals surface area contributed by atoms with Crippen molar-refractivity contribution >= 4 is 30.5 Å². The van der Waals surface area contributed by atoms with Gasteiger partial charge in [-0.15, -0.1) is 24.8 Å². The lowest BCUT2D eigenvalue weighted by Gasteiger charge is -2.42. The van der Waals surface area contributed by atoms with E-state index in [-0.39, 0.29) is 47.7 Å². The molecular formula is C16H27Cl2N3O3. The Labute approximate surface area is 155 Å². The number of nitro benzene ring substituents is 1. The zero-order chi connectivity index (χ0) is 16.5. The van der Waals surface area contributed by atoms with Crippen LogP contribution in [0.5, 0.6) is 5.75 Å². The van der Waals surface area contributed by atoms with Gasteiger partial charge in [0.1, 0.15) is 5.75 Å². The van der Waals surface area contributed by atoms with Gasteiger partial charge in [0.25, 0.3) is 5.69 Å². The molecule has 1 aliphatic heterocycles. The summed E-state index contributed by atoms with van der Waals surface area (Å²) in [6, 6.07) is 2.91. The molecule has 2 N–H and O–H groups in total. The summed E-state index contributed by atoms with van der Waals surface area (Å²) in [5.74, 6) is 0.0488. The summed E-state index contributed by atoms with van der Waals surface area (Å²) >= 11 is 0. The number of phenols is 1. The van der Waals surface area contributed by atoms with Crippen LogP contribution >= 0.6 is 24.8 Å². The first-order valence-corrected chi connectivity index (χ1v) is 7.65. The van der Waals surface area contributed by atoms with E-state index in [2.05, 4.69) is 31.0 Å². The second kappa shape index (κ2) is 8.85. The van der Waals surface area contributed by atoms with Crippen LogP contribution in [0.15, 0.2) is 12.1 Å². The van der Waals surface area contributed by atoms with Crippen LogP contribution in [0.1, 0.15) is 37.9 Å². The van der Waals surface area contributed by atoms with E-state index in [1.807, 2.05) is 0 Å². The van der Waals surface area contributed by atoms with Crippen LogP contribution in [0.3, 0.4) is 0 Å². The highest BCUT2D eigenvalue weighted by atomic mass is 35.5. The van der Waals surface area contributed by atoms with Gasteiger partial charge in [0, 0.05) is 32.2 Å². The zero-order valence-corrected chi connectivity index (χ0v) is 16.2. The van der Waals surface area contributed by atoms with E-state index in [0.29, 0.717) is 11.1 Å². The van der Waals surface area contributed by atoms with Crippen LogP contribution in [0, 0.1) is 22.5 Å². The van der Waals surface area contributed by atoms with E-state index in [4.69, 9.17) is 0 Å². The minimum absolute atomic E-state index is 0. The molecule has 1 saturated heterocycles. The Morgan fingerprint density at radius 2 is 1.79 bits per heavy atom. The van der Waals surface area contributed by atoms with Crippen LogP contribution in [-0.2, 0) is 0 Å². The van der Waals surface area contributed by atoms with Crippen LogP contribution in [0.4, 0.5) is 5.69 Å². The fourth-order valence-corrected chi connectivity index (χ4v) is 3.24. The number of hydrogen-bond acceptors (Lipinski definition) is 5. The Morgan fingerprint density at radius 1 is 1.25 bits per heavy atom. The van der Waals surface area contributed by atoms with Crippen LogP contribution in [0.2, 0.25) is 0 Å². The van der Waals surface area contributed by atoms with Gasteiger partial charge in [-0.1, -0.05) is 20.8 Å². The van der Waals surface area contributed by atoms with Crippen molar-refractivity contribution in [2.24, 2.45) is 5.41 Å². The lowest BCUT2D eigenvalue weighted by atomic mass is 9.79. The number of rotatable bonds is 3. The molecule has 1 aromatic carbocycles. The normalized spacial score (nSPS) is 16.7. The molecule has 0 bridgehead atoms. The van der Waals surface area contributed by atoms with Gasteiger partial charge in [-0.25, -0.2) is 0 Å². The first-order valence-electron chi connectivity index (χ1n) is 7.65. The van der Waals surface area contributed by atoms with Gasteiger partial charge in [0.2, 0.25) is 0 Å². The molecule has 1 heterocycles. The summed E-state index contributed by atoms with van der Waals surface area (Å²) in [6.45, 7) is 11.3. The van der Waals surface area contributed by atoms with Gasteiger partial charge >= 0.3 is 0 Å². The molecule has 138 valence electrons. The largest absolute Gasteiger partial charge is 0.507 e. The summed E-state index contributed by atoms with van der Waals surface area (Å²) in [4.78, 5) is 13.3. The van der Waals surface area contributed by atoms with Gasteiger partial charge < -0.3 is 10.4 Å². The van der Waals surface area contributed by atoms with Gasteiger partial charge in [-0.05, 0) is 24.0 Å². The zero-order valence-electron chi connectivity index (χ0n) is 14.5. The van der Waals surface area contributed by atoms with Crippen molar-refractivity contribution < 1.29 is 10.0 Å². The highest BCUT2D eigenvalue weighted by Crippen LogP contribution is 2.46. The maximum absolute atomic E-state index is 11.5. The third kappa shape index (κ3) is 4.72. The molecule has 0 radical (unpaired) electrons. The molecular weight excluding hydrogens is 353 g/mol. The highest BCUT2D eigenvalue weighted by molar-refractivity contribution is 5.85. The van der Waals surface area contributed by atoms with Crippen molar-refractivity contribution in [3.63, 3.8) is 0 Å².